The van der Waals surface area contributed by atoms with E-state index in [0.29, 0.717) is 0 Å². The summed E-state index contributed by atoms with van der Waals surface area (Å²) in [6.07, 6.45) is 0. The summed E-state index contributed by atoms with van der Waals surface area (Å²) in [5.41, 5.74) is 3.66. The van der Waals surface area contributed by atoms with Gasteiger partial charge >= 0.3 is 5.69 Å². The molecule has 2 aromatic carbocycles. The van der Waals surface area contributed by atoms with E-state index in [9.17, 15) is 4.79 Å². The molecule has 0 aliphatic carbocycles. The highest BCUT2D eigenvalue weighted by Crippen LogP contribution is 2.36. The van der Waals surface area contributed by atoms with Crippen LogP contribution in [0.15, 0.2) is 51.7 Å². The van der Waals surface area contributed by atoms with Gasteiger partial charge < -0.3 is 9.97 Å². The number of rotatable bonds is 2. The molecule has 1 aromatic heterocycles. The lowest BCUT2D eigenvalue weighted by atomic mass is 10.0. The van der Waals surface area contributed by atoms with E-state index in [-0.39, 0.29) is 10.5 Å². The number of imidazole rings is 1. The lowest BCUT2D eigenvalue weighted by molar-refractivity contribution is 1.17. The van der Waals surface area contributed by atoms with Gasteiger partial charge in [0.25, 0.3) is 0 Å². The maximum atomic E-state index is 11.3. The van der Waals surface area contributed by atoms with Crippen molar-refractivity contribution in [1.29, 1.82) is 0 Å². The van der Waals surface area contributed by atoms with E-state index in [1.807, 2.05) is 30.3 Å². The lowest BCUT2D eigenvalue weighted by Crippen LogP contribution is -1.99. The standard InChI is InChI=1S/C14H10Br2N2O/c15-10-7-12-11(17-14(19)18-12)6-9(10)13(16)8-4-2-1-3-5-8/h1-7,13H,(H2,17,18,19). The number of hydrogen-bond acceptors (Lipinski definition) is 1. The summed E-state index contributed by atoms with van der Waals surface area (Å²) in [6.45, 7) is 0. The fourth-order valence-corrected chi connectivity index (χ4v) is 3.63. The largest absolute Gasteiger partial charge is 0.323 e. The van der Waals surface area contributed by atoms with Gasteiger partial charge in [0.2, 0.25) is 0 Å². The molecule has 1 heterocycles. The maximum absolute atomic E-state index is 11.3. The Morgan fingerprint density at radius 1 is 1.00 bits per heavy atom. The zero-order valence-corrected chi connectivity index (χ0v) is 13.0. The van der Waals surface area contributed by atoms with Gasteiger partial charge in [-0.25, -0.2) is 4.79 Å². The normalized spacial score (nSPS) is 12.7. The van der Waals surface area contributed by atoms with Crippen molar-refractivity contribution < 1.29 is 0 Å². The molecule has 5 heteroatoms. The van der Waals surface area contributed by atoms with Crippen molar-refractivity contribution in [2.45, 2.75) is 4.83 Å². The topological polar surface area (TPSA) is 48.6 Å². The second kappa shape index (κ2) is 4.98. The molecule has 0 saturated heterocycles. The second-order valence-corrected chi connectivity index (χ2v) is 6.04. The Labute approximate surface area is 126 Å². The fourth-order valence-electron chi connectivity index (χ4n) is 2.07. The van der Waals surface area contributed by atoms with Gasteiger partial charge in [-0.2, -0.15) is 0 Å². The summed E-state index contributed by atoms with van der Waals surface area (Å²) in [7, 11) is 0. The number of aromatic nitrogens is 2. The molecule has 0 aliphatic rings. The predicted octanol–water partition coefficient (Wildman–Crippen LogP) is 4.10. The average Bonchev–Trinajstić information content (AvgIpc) is 2.77. The van der Waals surface area contributed by atoms with Crippen molar-refractivity contribution in [3.63, 3.8) is 0 Å². The van der Waals surface area contributed by atoms with E-state index >= 15 is 0 Å². The zero-order valence-electron chi connectivity index (χ0n) is 9.78. The quantitative estimate of drug-likeness (QED) is 0.645. The number of halogens is 2. The zero-order chi connectivity index (χ0) is 13.4. The molecule has 2 N–H and O–H groups in total. The number of aromatic amines is 2. The summed E-state index contributed by atoms with van der Waals surface area (Å²) in [4.78, 5) is 16.9. The maximum Gasteiger partial charge on any atom is 0.323 e. The smallest absolute Gasteiger partial charge is 0.306 e. The van der Waals surface area contributed by atoms with Crippen LogP contribution in [0.5, 0.6) is 0 Å². The molecule has 0 fully saturated rings. The molecule has 0 spiro atoms. The van der Waals surface area contributed by atoms with Crippen LogP contribution < -0.4 is 5.69 Å². The van der Waals surface area contributed by atoms with Gasteiger partial charge in [0.1, 0.15) is 0 Å². The lowest BCUT2D eigenvalue weighted by Gasteiger charge is -2.12. The minimum Gasteiger partial charge on any atom is -0.306 e. The Bertz CT molecular complexity index is 777. The van der Waals surface area contributed by atoms with E-state index in [4.69, 9.17) is 0 Å². The number of alkyl halides is 1. The Morgan fingerprint density at radius 2 is 1.63 bits per heavy atom. The van der Waals surface area contributed by atoms with Gasteiger partial charge in [0.05, 0.1) is 15.9 Å². The van der Waals surface area contributed by atoms with Crippen molar-refractivity contribution >= 4 is 42.9 Å². The third-order valence-corrected chi connectivity index (χ3v) is 4.71. The van der Waals surface area contributed by atoms with Crippen molar-refractivity contribution in [1.82, 2.24) is 9.97 Å². The molecule has 0 saturated carbocycles. The molecule has 96 valence electrons. The number of fused-ring (bicyclic) bond motifs is 1. The van der Waals surface area contributed by atoms with Crippen LogP contribution >= 0.6 is 31.9 Å². The van der Waals surface area contributed by atoms with Crippen molar-refractivity contribution in [2.24, 2.45) is 0 Å². The molecule has 3 aromatic rings. The van der Waals surface area contributed by atoms with Crippen LogP contribution in [-0.4, -0.2) is 9.97 Å². The first kappa shape index (κ1) is 12.7. The van der Waals surface area contributed by atoms with Crippen molar-refractivity contribution in [3.8, 4) is 0 Å². The summed E-state index contributed by atoms with van der Waals surface area (Å²) >= 11 is 7.26. The number of benzene rings is 2. The molecule has 0 aliphatic heterocycles. The second-order valence-electron chi connectivity index (χ2n) is 4.27. The number of H-pyrrole nitrogens is 2. The fraction of sp³-hybridized carbons (Fsp3) is 0.0714. The third-order valence-electron chi connectivity index (χ3n) is 3.00. The molecule has 1 atom stereocenters. The average molecular weight is 382 g/mol. The van der Waals surface area contributed by atoms with Crippen LogP contribution in [0.2, 0.25) is 0 Å². The highest BCUT2D eigenvalue weighted by Gasteiger charge is 2.15. The summed E-state index contributed by atoms with van der Waals surface area (Å²) < 4.78 is 0.959. The number of hydrogen-bond donors (Lipinski definition) is 2. The molecule has 0 bridgehead atoms. The van der Waals surface area contributed by atoms with E-state index in [0.717, 1.165) is 21.1 Å². The van der Waals surface area contributed by atoms with Crippen molar-refractivity contribution in [3.05, 3.63) is 68.5 Å². The van der Waals surface area contributed by atoms with Crippen molar-refractivity contribution in [2.75, 3.05) is 0 Å². The van der Waals surface area contributed by atoms with Gasteiger partial charge in [0.15, 0.2) is 0 Å². The van der Waals surface area contributed by atoms with Gasteiger partial charge in [-0.15, -0.1) is 0 Å². The first-order chi connectivity index (χ1) is 9.15. The minimum atomic E-state index is -0.190. The van der Waals surface area contributed by atoms with Gasteiger partial charge in [-0.3, -0.25) is 0 Å². The Kier molecular flexibility index (Phi) is 3.33. The monoisotopic (exact) mass is 380 g/mol. The first-order valence-electron chi connectivity index (χ1n) is 5.75. The predicted molar refractivity (Wildman–Crippen MR) is 83.8 cm³/mol. The number of nitrogens with one attached hydrogen (secondary N) is 2. The van der Waals surface area contributed by atoms with Crippen LogP contribution in [0.4, 0.5) is 0 Å². The van der Waals surface area contributed by atoms with Gasteiger partial charge in [-0.05, 0) is 23.3 Å². The highest BCUT2D eigenvalue weighted by molar-refractivity contribution is 9.11. The highest BCUT2D eigenvalue weighted by atomic mass is 79.9. The van der Waals surface area contributed by atoms with Gasteiger partial charge in [0, 0.05) is 4.47 Å². The van der Waals surface area contributed by atoms with Crippen LogP contribution in [0.3, 0.4) is 0 Å². The third kappa shape index (κ3) is 2.40. The summed E-state index contributed by atoms with van der Waals surface area (Å²) in [5, 5.41) is 0. The minimum absolute atomic E-state index is 0.0749. The molecular formula is C14H10Br2N2O. The molecule has 1 unspecified atom stereocenters. The Balaban J connectivity index is 2.14. The van der Waals surface area contributed by atoms with E-state index in [2.05, 4.69) is 54.0 Å². The Morgan fingerprint density at radius 3 is 2.32 bits per heavy atom. The molecular weight excluding hydrogens is 372 g/mol. The van der Waals surface area contributed by atoms with Gasteiger partial charge in [-0.1, -0.05) is 62.2 Å². The van der Waals surface area contributed by atoms with Crippen LogP contribution in [0.1, 0.15) is 16.0 Å². The SMILES string of the molecule is O=c1[nH]c2cc(Br)c(C(Br)c3ccccc3)cc2[nH]1. The van der Waals surface area contributed by atoms with Crippen LogP contribution in [0.25, 0.3) is 11.0 Å². The molecule has 19 heavy (non-hydrogen) atoms. The summed E-state index contributed by atoms with van der Waals surface area (Å²) in [5.74, 6) is 0. The first-order valence-corrected chi connectivity index (χ1v) is 7.46. The Hall–Kier alpha value is -1.33. The summed E-state index contributed by atoms with van der Waals surface area (Å²) in [6, 6.07) is 14.0. The van der Waals surface area contributed by atoms with Crippen LogP contribution in [-0.2, 0) is 0 Å². The van der Waals surface area contributed by atoms with E-state index in [1.54, 1.807) is 0 Å². The molecule has 3 rings (SSSR count). The van der Waals surface area contributed by atoms with E-state index < -0.39 is 0 Å². The molecule has 0 radical (unpaired) electrons. The molecule has 3 nitrogen and oxygen atoms in total. The molecule has 0 amide bonds. The van der Waals surface area contributed by atoms with Crippen LogP contribution in [0, 0.1) is 0 Å². The van der Waals surface area contributed by atoms with E-state index in [1.165, 1.54) is 5.56 Å².